The number of carbonyl (C=O) groups is 1. The first-order valence-corrected chi connectivity index (χ1v) is 7.34. The van der Waals surface area contributed by atoms with Crippen molar-refractivity contribution in [1.29, 1.82) is 0 Å². The normalized spacial score (nSPS) is 12.4. The van der Waals surface area contributed by atoms with Crippen LogP contribution in [0.4, 0.5) is 0 Å². The molecule has 2 heteroatoms. The highest BCUT2D eigenvalue weighted by Crippen LogP contribution is 2.17. The Morgan fingerprint density at radius 1 is 1.26 bits per heavy atom. The van der Waals surface area contributed by atoms with Crippen molar-refractivity contribution in [1.82, 2.24) is 0 Å². The predicted octanol–water partition coefficient (Wildman–Crippen LogP) is 3.57. The van der Waals surface area contributed by atoms with Crippen molar-refractivity contribution in [2.75, 3.05) is 6.54 Å². The highest BCUT2D eigenvalue weighted by atomic mass is 16.1. The van der Waals surface area contributed by atoms with Crippen LogP contribution in [0, 0.1) is 19.8 Å². The van der Waals surface area contributed by atoms with E-state index in [4.69, 9.17) is 5.73 Å². The van der Waals surface area contributed by atoms with Crippen LogP contribution in [0.2, 0.25) is 0 Å². The molecule has 0 bridgehead atoms. The van der Waals surface area contributed by atoms with E-state index in [2.05, 4.69) is 39.0 Å². The third-order valence-electron chi connectivity index (χ3n) is 3.88. The average Bonchev–Trinajstić information content (AvgIpc) is 2.39. The molecule has 2 N–H and O–H groups in total. The van der Waals surface area contributed by atoms with Gasteiger partial charge < -0.3 is 5.73 Å². The van der Waals surface area contributed by atoms with Crippen molar-refractivity contribution in [3.8, 4) is 0 Å². The number of hydrogen-bond acceptors (Lipinski definition) is 2. The van der Waals surface area contributed by atoms with Crippen LogP contribution < -0.4 is 5.73 Å². The lowest BCUT2D eigenvalue weighted by Gasteiger charge is -2.13. The fourth-order valence-corrected chi connectivity index (χ4v) is 2.44. The largest absolute Gasteiger partial charge is 0.330 e. The molecule has 2 nitrogen and oxygen atoms in total. The summed E-state index contributed by atoms with van der Waals surface area (Å²) in [7, 11) is 0. The van der Waals surface area contributed by atoms with Crippen molar-refractivity contribution >= 4 is 5.78 Å². The number of carbonyl (C=O) groups excluding carboxylic acids is 1. The second-order valence-corrected chi connectivity index (χ2v) is 5.54. The second-order valence-electron chi connectivity index (χ2n) is 5.54. The molecule has 0 fully saturated rings. The maximum Gasteiger partial charge on any atom is 0.137 e. The minimum atomic E-state index is 0.351. The second kappa shape index (κ2) is 8.11. The van der Waals surface area contributed by atoms with Gasteiger partial charge in [-0.1, -0.05) is 37.1 Å². The number of rotatable bonds is 8. The summed E-state index contributed by atoms with van der Waals surface area (Å²) < 4.78 is 0. The van der Waals surface area contributed by atoms with E-state index in [1.165, 1.54) is 16.7 Å². The Balaban J connectivity index is 2.48. The van der Waals surface area contributed by atoms with Gasteiger partial charge >= 0.3 is 0 Å². The number of Topliss-reactive ketones (excluding diaryl/α,β-unsaturated/α-hetero) is 1. The van der Waals surface area contributed by atoms with Gasteiger partial charge in [-0.05, 0) is 50.3 Å². The van der Waals surface area contributed by atoms with Gasteiger partial charge in [-0.15, -0.1) is 0 Å². The van der Waals surface area contributed by atoms with Gasteiger partial charge in [-0.2, -0.15) is 0 Å². The van der Waals surface area contributed by atoms with Crippen LogP contribution in [0.5, 0.6) is 0 Å². The Morgan fingerprint density at radius 3 is 2.63 bits per heavy atom. The topological polar surface area (TPSA) is 43.1 Å². The molecule has 0 saturated heterocycles. The van der Waals surface area contributed by atoms with Crippen LogP contribution in [-0.2, 0) is 11.2 Å². The molecule has 1 aromatic carbocycles. The Morgan fingerprint density at radius 2 is 2.00 bits per heavy atom. The molecule has 0 aromatic heterocycles. The van der Waals surface area contributed by atoms with Crippen LogP contribution in [0.25, 0.3) is 0 Å². The maximum atomic E-state index is 12.1. The van der Waals surface area contributed by atoms with Gasteiger partial charge in [-0.3, -0.25) is 4.79 Å². The van der Waals surface area contributed by atoms with Gasteiger partial charge in [0, 0.05) is 12.8 Å². The lowest BCUT2D eigenvalue weighted by molar-refractivity contribution is -0.118. The predicted molar refractivity (Wildman–Crippen MR) is 81.3 cm³/mol. The van der Waals surface area contributed by atoms with Crippen molar-refractivity contribution in [2.24, 2.45) is 11.7 Å². The molecule has 0 aliphatic heterocycles. The standard InChI is InChI=1S/C17H27NO/c1-4-15(9-10-18)7-8-17(19)12-16-11-13(2)5-6-14(16)3/h5-6,11,15H,4,7-10,12,18H2,1-3H3. The van der Waals surface area contributed by atoms with Crippen LogP contribution in [0.1, 0.15) is 49.3 Å². The van der Waals surface area contributed by atoms with E-state index in [1.54, 1.807) is 0 Å². The van der Waals surface area contributed by atoms with Crippen molar-refractivity contribution in [3.05, 3.63) is 34.9 Å². The molecule has 106 valence electrons. The molecule has 0 aliphatic carbocycles. The molecular formula is C17H27NO. The Bertz CT molecular complexity index is 412. The van der Waals surface area contributed by atoms with Crippen molar-refractivity contribution in [3.63, 3.8) is 0 Å². The quantitative estimate of drug-likeness (QED) is 0.777. The zero-order chi connectivity index (χ0) is 14.3. The van der Waals surface area contributed by atoms with E-state index in [-0.39, 0.29) is 0 Å². The molecule has 0 heterocycles. The third kappa shape index (κ3) is 5.56. The van der Waals surface area contributed by atoms with Gasteiger partial charge in [0.25, 0.3) is 0 Å². The number of nitrogens with two attached hydrogens (primary N) is 1. The van der Waals surface area contributed by atoms with Crippen molar-refractivity contribution in [2.45, 2.75) is 52.9 Å². The van der Waals surface area contributed by atoms with Crippen LogP contribution in [0.15, 0.2) is 18.2 Å². The summed E-state index contributed by atoms with van der Waals surface area (Å²) >= 11 is 0. The molecule has 1 rings (SSSR count). The Kier molecular flexibility index (Phi) is 6.79. The average molecular weight is 261 g/mol. The zero-order valence-corrected chi connectivity index (χ0v) is 12.5. The summed E-state index contributed by atoms with van der Waals surface area (Å²) in [5, 5.41) is 0. The van der Waals surface area contributed by atoms with E-state index in [9.17, 15) is 4.79 Å². The van der Waals surface area contributed by atoms with E-state index in [0.29, 0.717) is 24.5 Å². The van der Waals surface area contributed by atoms with Gasteiger partial charge in [0.15, 0.2) is 0 Å². The van der Waals surface area contributed by atoms with E-state index < -0.39 is 0 Å². The first kappa shape index (κ1) is 15.9. The van der Waals surface area contributed by atoms with Crippen LogP contribution in [-0.4, -0.2) is 12.3 Å². The number of ketones is 1. The first-order valence-electron chi connectivity index (χ1n) is 7.34. The summed E-state index contributed by atoms with van der Waals surface area (Å²) in [5.41, 5.74) is 9.20. The first-order chi connectivity index (χ1) is 9.06. The monoisotopic (exact) mass is 261 g/mol. The molecule has 1 aromatic rings. The molecule has 0 spiro atoms. The molecule has 0 amide bonds. The van der Waals surface area contributed by atoms with Gasteiger partial charge in [0.05, 0.1) is 0 Å². The number of aryl methyl sites for hydroxylation is 2. The zero-order valence-electron chi connectivity index (χ0n) is 12.5. The minimum Gasteiger partial charge on any atom is -0.330 e. The molecular weight excluding hydrogens is 234 g/mol. The van der Waals surface area contributed by atoms with Gasteiger partial charge in [-0.25, -0.2) is 0 Å². The number of hydrogen-bond donors (Lipinski definition) is 1. The highest BCUT2D eigenvalue weighted by Gasteiger charge is 2.10. The summed E-state index contributed by atoms with van der Waals surface area (Å²) in [5.74, 6) is 0.955. The fraction of sp³-hybridized carbons (Fsp3) is 0.588. The number of benzene rings is 1. The summed E-state index contributed by atoms with van der Waals surface area (Å²) in [6.07, 6.45) is 4.40. The Labute approximate surface area is 117 Å². The lowest BCUT2D eigenvalue weighted by Crippen LogP contribution is -2.11. The van der Waals surface area contributed by atoms with Gasteiger partial charge in [0.2, 0.25) is 0 Å². The Hall–Kier alpha value is -1.15. The lowest BCUT2D eigenvalue weighted by atomic mass is 9.93. The minimum absolute atomic E-state index is 0.351. The van der Waals surface area contributed by atoms with Crippen LogP contribution >= 0.6 is 0 Å². The molecule has 19 heavy (non-hydrogen) atoms. The molecule has 0 saturated carbocycles. The molecule has 0 aliphatic rings. The van der Waals surface area contributed by atoms with Crippen LogP contribution in [0.3, 0.4) is 0 Å². The summed E-state index contributed by atoms with van der Waals surface area (Å²) in [6, 6.07) is 6.32. The molecule has 0 radical (unpaired) electrons. The molecule has 1 atom stereocenters. The summed E-state index contributed by atoms with van der Waals surface area (Å²) in [6.45, 7) is 7.05. The SMILES string of the molecule is CCC(CCN)CCC(=O)Cc1cc(C)ccc1C. The van der Waals surface area contributed by atoms with E-state index in [1.807, 2.05) is 0 Å². The third-order valence-corrected chi connectivity index (χ3v) is 3.88. The fourth-order valence-electron chi connectivity index (χ4n) is 2.44. The summed E-state index contributed by atoms with van der Waals surface area (Å²) in [4.78, 5) is 12.1. The van der Waals surface area contributed by atoms with E-state index >= 15 is 0 Å². The smallest absolute Gasteiger partial charge is 0.137 e. The van der Waals surface area contributed by atoms with Gasteiger partial charge in [0.1, 0.15) is 5.78 Å². The molecule has 1 unspecified atom stereocenters. The van der Waals surface area contributed by atoms with Crippen molar-refractivity contribution < 1.29 is 4.79 Å². The maximum absolute atomic E-state index is 12.1. The van der Waals surface area contributed by atoms with E-state index in [0.717, 1.165) is 25.8 Å². The highest BCUT2D eigenvalue weighted by molar-refractivity contribution is 5.81.